The Bertz CT molecular complexity index is 913. The molecule has 29 heavy (non-hydrogen) atoms. The lowest BCUT2D eigenvalue weighted by Gasteiger charge is -2.16. The summed E-state index contributed by atoms with van der Waals surface area (Å²) in [5, 5.41) is 11.2. The molecule has 1 N–H and O–H groups in total. The molecule has 2 aromatic carbocycles. The molecule has 3 aromatic rings. The van der Waals surface area contributed by atoms with Gasteiger partial charge >= 0.3 is 0 Å². The minimum Gasteiger partial charge on any atom is -0.497 e. The Morgan fingerprint density at radius 1 is 1.10 bits per heavy atom. The van der Waals surface area contributed by atoms with Crippen molar-refractivity contribution in [1.29, 1.82) is 0 Å². The molecule has 2 atom stereocenters. The summed E-state index contributed by atoms with van der Waals surface area (Å²) in [5.41, 5.74) is 2.07. The van der Waals surface area contributed by atoms with E-state index in [-0.39, 0.29) is 17.2 Å². The van der Waals surface area contributed by atoms with Crippen LogP contribution in [0.5, 0.6) is 5.75 Å². The Kier molecular flexibility index (Phi) is 7.30. The van der Waals surface area contributed by atoms with Gasteiger partial charge in [0.2, 0.25) is 11.8 Å². The summed E-state index contributed by atoms with van der Waals surface area (Å²) in [6.45, 7) is 3.86. The second kappa shape index (κ2) is 10.1. The molecule has 0 aliphatic heterocycles. The molecule has 6 nitrogen and oxygen atoms in total. The van der Waals surface area contributed by atoms with Gasteiger partial charge in [-0.05, 0) is 56.5 Å². The Morgan fingerprint density at radius 3 is 2.52 bits per heavy atom. The first-order valence-electron chi connectivity index (χ1n) is 9.54. The monoisotopic (exact) mass is 411 g/mol. The van der Waals surface area contributed by atoms with Gasteiger partial charge in [-0.3, -0.25) is 4.79 Å². The maximum atomic E-state index is 12.5. The van der Waals surface area contributed by atoms with E-state index in [1.165, 1.54) is 17.3 Å². The van der Waals surface area contributed by atoms with Gasteiger partial charge in [0, 0.05) is 11.6 Å². The number of methoxy groups -OCH3 is 1. The molecule has 0 saturated carbocycles. The van der Waals surface area contributed by atoms with Crippen LogP contribution in [0.25, 0.3) is 11.5 Å². The number of aromatic nitrogens is 2. The molecular formula is C22H25N3O3S. The average molecular weight is 412 g/mol. The molecule has 1 amide bonds. The fourth-order valence-electron chi connectivity index (χ4n) is 2.77. The zero-order valence-electron chi connectivity index (χ0n) is 16.8. The Labute approximate surface area is 175 Å². The number of rotatable bonds is 9. The van der Waals surface area contributed by atoms with E-state index in [2.05, 4.69) is 27.6 Å². The predicted molar refractivity (Wildman–Crippen MR) is 114 cm³/mol. The van der Waals surface area contributed by atoms with E-state index < -0.39 is 0 Å². The number of benzene rings is 2. The van der Waals surface area contributed by atoms with Crippen LogP contribution >= 0.6 is 11.8 Å². The van der Waals surface area contributed by atoms with Gasteiger partial charge < -0.3 is 14.5 Å². The largest absolute Gasteiger partial charge is 0.497 e. The molecule has 3 rings (SSSR count). The van der Waals surface area contributed by atoms with Gasteiger partial charge in [-0.1, -0.05) is 42.1 Å². The van der Waals surface area contributed by atoms with E-state index in [1.54, 1.807) is 7.11 Å². The third-order valence-electron chi connectivity index (χ3n) is 4.49. The van der Waals surface area contributed by atoms with E-state index >= 15 is 0 Å². The first kappa shape index (κ1) is 20.9. The van der Waals surface area contributed by atoms with Gasteiger partial charge in [-0.15, -0.1) is 10.2 Å². The van der Waals surface area contributed by atoms with Gasteiger partial charge in [0.15, 0.2) is 0 Å². The van der Waals surface area contributed by atoms with Crippen LogP contribution in [0, 0.1) is 0 Å². The summed E-state index contributed by atoms with van der Waals surface area (Å²) >= 11 is 1.25. The number of amides is 1. The van der Waals surface area contributed by atoms with Crippen LogP contribution in [0.2, 0.25) is 0 Å². The number of hydrogen-bond donors (Lipinski definition) is 1. The first-order valence-corrected chi connectivity index (χ1v) is 10.4. The van der Waals surface area contributed by atoms with Crippen molar-refractivity contribution in [3.05, 3.63) is 60.2 Å². The summed E-state index contributed by atoms with van der Waals surface area (Å²) in [4.78, 5) is 12.5. The number of thioether (sulfide) groups is 1. The molecule has 7 heteroatoms. The highest BCUT2D eigenvalue weighted by atomic mass is 32.2. The van der Waals surface area contributed by atoms with Gasteiger partial charge in [0.25, 0.3) is 5.22 Å². The topological polar surface area (TPSA) is 77.2 Å². The molecule has 0 spiro atoms. The molecule has 0 aliphatic carbocycles. The van der Waals surface area contributed by atoms with Gasteiger partial charge in [-0.25, -0.2) is 0 Å². The van der Waals surface area contributed by atoms with Crippen molar-refractivity contribution in [2.75, 3.05) is 7.11 Å². The number of carbonyl (C=O) groups is 1. The van der Waals surface area contributed by atoms with Crippen LogP contribution < -0.4 is 10.1 Å². The van der Waals surface area contributed by atoms with E-state index in [0.29, 0.717) is 11.1 Å². The van der Waals surface area contributed by atoms with E-state index in [9.17, 15) is 4.79 Å². The number of aryl methyl sites for hydroxylation is 1. The summed E-state index contributed by atoms with van der Waals surface area (Å²) in [6.07, 6.45) is 1.81. The lowest BCUT2D eigenvalue weighted by Crippen LogP contribution is -2.37. The van der Waals surface area contributed by atoms with Gasteiger partial charge in [0.05, 0.1) is 12.4 Å². The summed E-state index contributed by atoms with van der Waals surface area (Å²) in [7, 11) is 1.62. The third-order valence-corrected chi connectivity index (χ3v) is 5.42. The van der Waals surface area contributed by atoms with E-state index in [4.69, 9.17) is 9.15 Å². The number of hydrogen-bond acceptors (Lipinski definition) is 6. The Morgan fingerprint density at radius 2 is 1.83 bits per heavy atom. The zero-order valence-corrected chi connectivity index (χ0v) is 17.6. The van der Waals surface area contributed by atoms with Crippen molar-refractivity contribution in [3.8, 4) is 17.2 Å². The molecule has 1 aromatic heterocycles. The maximum absolute atomic E-state index is 12.5. The normalized spacial score (nSPS) is 12.9. The number of carbonyl (C=O) groups excluding carboxylic acids is 1. The fraction of sp³-hybridized carbons (Fsp3) is 0.318. The van der Waals surface area contributed by atoms with Crippen molar-refractivity contribution in [2.24, 2.45) is 0 Å². The molecule has 0 bridgehead atoms. The highest BCUT2D eigenvalue weighted by molar-refractivity contribution is 8.00. The molecule has 0 unspecified atom stereocenters. The van der Waals surface area contributed by atoms with Crippen LogP contribution in [0.4, 0.5) is 0 Å². The standard InChI is InChI=1S/C22H25N3O3S/c1-15(9-10-17-7-5-4-6-8-17)23-20(26)16(2)29-22-25-24-21(28-22)18-11-13-19(27-3)14-12-18/h4-8,11-16H,9-10H2,1-3H3,(H,23,26)/t15-,16-/m1/s1. The summed E-state index contributed by atoms with van der Waals surface area (Å²) in [5.74, 6) is 1.13. The quantitative estimate of drug-likeness (QED) is 0.527. The zero-order chi connectivity index (χ0) is 20.6. The molecule has 0 fully saturated rings. The van der Waals surface area contributed by atoms with Crippen LogP contribution in [0.1, 0.15) is 25.8 Å². The highest BCUT2D eigenvalue weighted by Crippen LogP contribution is 2.27. The van der Waals surface area contributed by atoms with Crippen molar-refractivity contribution in [1.82, 2.24) is 15.5 Å². The SMILES string of the molecule is COc1ccc(-c2nnc(S[C@H](C)C(=O)N[C@H](C)CCc3ccccc3)o2)cc1. The van der Waals surface area contributed by atoms with Crippen LogP contribution in [0.15, 0.2) is 64.2 Å². The molecule has 1 heterocycles. The number of ether oxygens (including phenoxy) is 1. The van der Waals surface area contributed by atoms with Crippen LogP contribution in [-0.2, 0) is 11.2 Å². The van der Waals surface area contributed by atoms with Crippen molar-refractivity contribution < 1.29 is 13.9 Å². The van der Waals surface area contributed by atoms with Crippen molar-refractivity contribution in [3.63, 3.8) is 0 Å². The number of nitrogens with zero attached hydrogens (tertiary/aromatic N) is 2. The molecule has 0 saturated heterocycles. The molecule has 0 radical (unpaired) electrons. The predicted octanol–water partition coefficient (Wildman–Crippen LogP) is 4.36. The average Bonchev–Trinajstić information content (AvgIpc) is 3.21. The maximum Gasteiger partial charge on any atom is 0.277 e. The second-order valence-corrected chi connectivity index (χ2v) is 8.09. The second-order valence-electron chi connectivity index (χ2n) is 6.80. The van der Waals surface area contributed by atoms with E-state index in [0.717, 1.165) is 24.2 Å². The van der Waals surface area contributed by atoms with Crippen molar-refractivity contribution in [2.45, 2.75) is 43.2 Å². The Balaban J connectivity index is 1.49. The lowest BCUT2D eigenvalue weighted by atomic mass is 10.1. The van der Waals surface area contributed by atoms with E-state index in [1.807, 2.05) is 56.3 Å². The Hall–Kier alpha value is -2.80. The molecule has 0 aliphatic rings. The van der Waals surface area contributed by atoms with Crippen LogP contribution in [0.3, 0.4) is 0 Å². The lowest BCUT2D eigenvalue weighted by molar-refractivity contribution is -0.120. The minimum atomic E-state index is -0.335. The number of nitrogens with one attached hydrogen (secondary N) is 1. The van der Waals surface area contributed by atoms with Crippen molar-refractivity contribution >= 4 is 17.7 Å². The fourth-order valence-corrected chi connectivity index (χ4v) is 3.47. The first-order chi connectivity index (χ1) is 14.0. The smallest absolute Gasteiger partial charge is 0.277 e. The third kappa shape index (κ3) is 6.09. The molecular weight excluding hydrogens is 386 g/mol. The summed E-state index contributed by atoms with van der Waals surface area (Å²) in [6, 6.07) is 17.7. The van der Waals surface area contributed by atoms with Gasteiger partial charge in [0.1, 0.15) is 5.75 Å². The van der Waals surface area contributed by atoms with Crippen LogP contribution in [-0.4, -0.2) is 34.5 Å². The minimum absolute atomic E-state index is 0.0419. The highest BCUT2D eigenvalue weighted by Gasteiger charge is 2.20. The van der Waals surface area contributed by atoms with Gasteiger partial charge in [-0.2, -0.15) is 0 Å². The summed E-state index contributed by atoms with van der Waals surface area (Å²) < 4.78 is 10.8. The molecule has 152 valence electrons.